The van der Waals surface area contributed by atoms with Gasteiger partial charge in [0, 0.05) is 5.41 Å². The minimum atomic E-state index is -0.273. The molecule has 0 fully saturated rings. The molecule has 0 saturated carbocycles. The van der Waals surface area contributed by atoms with Crippen LogP contribution in [-0.4, -0.2) is 5.97 Å². The van der Waals surface area contributed by atoms with E-state index in [1.807, 2.05) is 24.3 Å². The molecule has 2 aromatic rings. The molecule has 0 saturated heterocycles. The van der Waals surface area contributed by atoms with Crippen molar-refractivity contribution in [2.45, 2.75) is 26.4 Å². The average Bonchev–Trinajstić information content (AvgIpc) is 2.78. The summed E-state index contributed by atoms with van der Waals surface area (Å²) in [6.07, 6.45) is 2.48. The van der Waals surface area contributed by atoms with Crippen LogP contribution in [0.4, 0.5) is 0 Å². The Morgan fingerprint density at radius 1 is 1.18 bits per heavy atom. The number of ether oxygens (including phenoxy) is 1. The van der Waals surface area contributed by atoms with Crippen molar-refractivity contribution in [3.05, 3.63) is 77.4 Å². The maximum Gasteiger partial charge on any atom is 0.338 e. The first-order chi connectivity index (χ1) is 10.5. The van der Waals surface area contributed by atoms with Crippen molar-refractivity contribution in [3.8, 4) is 0 Å². The fourth-order valence-corrected chi connectivity index (χ4v) is 3.11. The van der Waals surface area contributed by atoms with Gasteiger partial charge in [-0.3, -0.25) is 0 Å². The lowest BCUT2D eigenvalue weighted by molar-refractivity contribution is -0.00180. The second-order valence-corrected chi connectivity index (χ2v) is 6.48. The Balaban J connectivity index is 1.85. The van der Waals surface area contributed by atoms with Gasteiger partial charge in [0.2, 0.25) is 0 Å². The summed E-state index contributed by atoms with van der Waals surface area (Å²) in [5, 5.41) is 0. The first-order valence-electron chi connectivity index (χ1n) is 7.52. The van der Waals surface area contributed by atoms with Gasteiger partial charge in [0.05, 0.1) is 5.56 Å². The average molecular weight is 292 g/mol. The smallest absolute Gasteiger partial charge is 0.338 e. The Morgan fingerprint density at radius 3 is 2.55 bits per heavy atom. The zero-order valence-electron chi connectivity index (χ0n) is 13.0. The summed E-state index contributed by atoms with van der Waals surface area (Å²) < 4.78 is 5.85. The quantitative estimate of drug-likeness (QED) is 0.759. The van der Waals surface area contributed by atoms with Crippen LogP contribution in [0.2, 0.25) is 0 Å². The molecule has 2 nitrogen and oxygen atoms in total. The van der Waals surface area contributed by atoms with E-state index in [9.17, 15) is 4.79 Å². The van der Waals surface area contributed by atoms with Gasteiger partial charge in [-0.15, -0.1) is 0 Å². The number of fused-ring (bicyclic) bond motifs is 1. The van der Waals surface area contributed by atoms with Gasteiger partial charge < -0.3 is 4.74 Å². The lowest BCUT2D eigenvalue weighted by atomic mass is 9.87. The van der Waals surface area contributed by atoms with Crippen LogP contribution >= 0.6 is 0 Å². The van der Waals surface area contributed by atoms with Gasteiger partial charge in [0.15, 0.2) is 0 Å². The van der Waals surface area contributed by atoms with Crippen molar-refractivity contribution < 1.29 is 9.53 Å². The molecule has 112 valence electrons. The highest BCUT2D eigenvalue weighted by Gasteiger charge is 2.41. The third-order valence-electron chi connectivity index (χ3n) is 4.30. The van der Waals surface area contributed by atoms with Gasteiger partial charge >= 0.3 is 5.97 Å². The van der Waals surface area contributed by atoms with E-state index >= 15 is 0 Å². The van der Waals surface area contributed by atoms with Crippen molar-refractivity contribution in [2.24, 2.45) is 5.41 Å². The molecule has 1 unspecified atom stereocenters. The lowest BCUT2D eigenvalue weighted by Gasteiger charge is -2.27. The lowest BCUT2D eigenvalue weighted by Crippen LogP contribution is -2.23. The first kappa shape index (κ1) is 14.6. The molecule has 22 heavy (non-hydrogen) atoms. The molecule has 1 aliphatic rings. The zero-order valence-corrected chi connectivity index (χ0v) is 13.0. The summed E-state index contributed by atoms with van der Waals surface area (Å²) in [6.45, 7) is 8.01. The number of carbonyl (C=O) groups is 1. The second kappa shape index (κ2) is 5.45. The Kier molecular flexibility index (Phi) is 3.61. The van der Waals surface area contributed by atoms with Crippen LogP contribution in [-0.2, 0) is 11.2 Å². The monoisotopic (exact) mass is 292 g/mol. The fraction of sp³-hybridized carbons (Fsp3) is 0.250. The molecule has 0 bridgehead atoms. The molecule has 2 heteroatoms. The van der Waals surface area contributed by atoms with Crippen LogP contribution in [0, 0.1) is 5.41 Å². The second-order valence-electron chi connectivity index (χ2n) is 6.48. The van der Waals surface area contributed by atoms with Crippen molar-refractivity contribution in [2.75, 3.05) is 0 Å². The van der Waals surface area contributed by atoms with E-state index < -0.39 is 0 Å². The number of benzene rings is 2. The summed E-state index contributed by atoms with van der Waals surface area (Å²) in [5.41, 5.74) is 3.88. The van der Waals surface area contributed by atoms with Gasteiger partial charge in [0.25, 0.3) is 0 Å². The highest BCUT2D eigenvalue weighted by molar-refractivity contribution is 5.89. The molecule has 2 aromatic carbocycles. The molecule has 0 heterocycles. The highest BCUT2D eigenvalue weighted by atomic mass is 16.5. The Morgan fingerprint density at radius 2 is 1.86 bits per heavy atom. The van der Waals surface area contributed by atoms with E-state index in [4.69, 9.17) is 4.74 Å². The molecular weight excluding hydrogens is 272 g/mol. The number of esters is 1. The van der Waals surface area contributed by atoms with Crippen LogP contribution in [0.5, 0.6) is 0 Å². The fourth-order valence-electron chi connectivity index (χ4n) is 3.11. The highest BCUT2D eigenvalue weighted by Crippen LogP contribution is 2.47. The van der Waals surface area contributed by atoms with E-state index in [1.165, 1.54) is 5.56 Å². The Hall–Kier alpha value is -2.35. The Labute approximate surface area is 131 Å². The van der Waals surface area contributed by atoms with Crippen molar-refractivity contribution >= 4 is 12.0 Å². The molecule has 0 amide bonds. The van der Waals surface area contributed by atoms with E-state index in [0.29, 0.717) is 5.56 Å². The number of hydrogen-bond acceptors (Lipinski definition) is 2. The Bertz CT molecular complexity index is 711. The third-order valence-corrected chi connectivity index (χ3v) is 4.30. The van der Waals surface area contributed by atoms with Crippen molar-refractivity contribution in [1.82, 2.24) is 0 Å². The molecular formula is C20H20O2. The molecule has 3 rings (SSSR count). The largest absolute Gasteiger partial charge is 0.453 e. The SMILES string of the molecule is C=Cc1ccc(C(=O)OC2c3ccccc3CC2(C)C)cc1. The summed E-state index contributed by atoms with van der Waals surface area (Å²) in [7, 11) is 0. The molecule has 1 aliphatic carbocycles. The summed E-state index contributed by atoms with van der Waals surface area (Å²) in [5.74, 6) is -0.273. The van der Waals surface area contributed by atoms with E-state index in [0.717, 1.165) is 17.5 Å². The zero-order chi connectivity index (χ0) is 15.7. The van der Waals surface area contributed by atoms with Crippen LogP contribution in [0.1, 0.15) is 47.0 Å². The number of hydrogen-bond donors (Lipinski definition) is 0. The minimum absolute atomic E-state index is 0.0829. The summed E-state index contributed by atoms with van der Waals surface area (Å²) in [4.78, 5) is 12.4. The maximum absolute atomic E-state index is 12.4. The van der Waals surface area contributed by atoms with Crippen LogP contribution < -0.4 is 0 Å². The predicted octanol–water partition coefficient (Wildman–Crippen LogP) is 4.81. The molecule has 0 spiro atoms. The van der Waals surface area contributed by atoms with E-state index in [2.05, 4.69) is 32.6 Å². The molecule has 0 N–H and O–H groups in total. The summed E-state index contributed by atoms with van der Waals surface area (Å²) >= 11 is 0. The maximum atomic E-state index is 12.4. The topological polar surface area (TPSA) is 26.3 Å². The molecule has 0 aromatic heterocycles. The minimum Gasteiger partial charge on any atom is -0.453 e. The molecule has 0 radical (unpaired) electrons. The normalized spacial score (nSPS) is 18.5. The van der Waals surface area contributed by atoms with E-state index in [1.54, 1.807) is 18.2 Å². The molecule has 0 aliphatic heterocycles. The van der Waals surface area contributed by atoms with Gasteiger partial charge in [-0.05, 0) is 35.2 Å². The summed E-state index contributed by atoms with van der Waals surface area (Å²) in [6, 6.07) is 15.5. The first-order valence-corrected chi connectivity index (χ1v) is 7.52. The third kappa shape index (κ3) is 2.57. The van der Waals surface area contributed by atoms with Gasteiger partial charge in [-0.1, -0.05) is 62.9 Å². The predicted molar refractivity (Wildman–Crippen MR) is 88.6 cm³/mol. The van der Waals surface area contributed by atoms with Crippen LogP contribution in [0.15, 0.2) is 55.1 Å². The van der Waals surface area contributed by atoms with Crippen LogP contribution in [0.25, 0.3) is 6.08 Å². The van der Waals surface area contributed by atoms with Crippen molar-refractivity contribution in [1.29, 1.82) is 0 Å². The van der Waals surface area contributed by atoms with E-state index in [-0.39, 0.29) is 17.5 Å². The number of carbonyl (C=O) groups excluding carboxylic acids is 1. The van der Waals surface area contributed by atoms with Crippen LogP contribution in [0.3, 0.4) is 0 Å². The number of rotatable bonds is 3. The van der Waals surface area contributed by atoms with Gasteiger partial charge in [0.1, 0.15) is 6.10 Å². The van der Waals surface area contributed by atoms with Crippen molar-refractivity contribution in [3.63, 3.8) is 0 Å². The molecule has 1 atom stereocenters. The van der Waals surface area contributed by atoms with Gasteiger partial charge in [-0.25, -0.2) is 4.79 Å². The standard InChI is InChI=1S/C20H20O2/c1-4-14-9-11-15(12-10-14)19(21)22-18-17-8-6-5-7-16(17)13-20(18,2)3/h4-12,18H,1,13H2,2-3H3. The van der Waals surface area contributed by atoms with Gasteiger partial charge in [-0.2, -0.15) is 0 Å².